The van der Waals surface area contributed by atoms with Gasteiger partial charge >= 0.3 is 5.97 Å². The van der Waals surface area contributed by atoms with Crippen LogP contribution in [0.3, 0.4) is 0 Å². The summed E-state index contributed by atoms with van der Waals surface area (Å²) in [5, 5.41) is 23.8. The lowest BCUT2D eigenvalue weighted by Gasteiger charge is -2.28. The van der Waals surface area contributed by atoms with Gasteiger partial charge in [-0.05, 0) is 25.3 Å². The van der Waals surface area contributed by atoms with Crippen molar-refractivity contribution in [3.63, 3.8) is 0 Å². The first-order chi connectivity index (χ1) is 16.0. The number of aliphatic hydroxyl groups is 1. The van der Waals surface area contributed by atoms with Gasteiger partial charge in [0.25, 0.3) is 0 Å². The standard InChI is InChI=1S/C22H31N5O7/c1-12(28)18(22(33)34)26-19(30)15(10-13-6-3-2-4-7-13)25-20(31)16-8-5-9-27(16)21(32)14(23)11-17(24)29/h2-4,6-7,12,14-16,18,28H,5,8-11,23H2,1H3,(H2,24,29)(H,25,31)(H,26,30)(H,33,34). The van der Waals surface area contributed by atoms with E-state index in [9.17, 15) is 34.2 Å². The fraction of sp³-hybridized carbons (Fsp3) is 0.500. The number of carboxylic acids is 1. The Morgan fingerprint density at radius 2 is 1.79 bits per heavy atom. The Hall–Kier alpha value is -3.51. The zero-order valence-corrected chi connectivity index (χ0v) is 18.8. The number of hydrogen-bond donors (Lipinski definition) is 6. The highest BCUT2D eigenvalue weighted by Crippen LogP contribution is 2.19. The zero-order chi connectivity index (χ0) is 25.4. The van der Waals surface area contributed by atoms with Gasteiger partial charge in [0.2, 0.25) is 23.6 Å². The van der Waals surface area contributed by atoms with E-state index in [1.54, 1.807) is 30.3 Å². The van der Waals surface area contributed by atoms with Crippen LogP contribution < -0.4 is 22.1 Å². The van der Waals surface area contributed by atoms with E-state index in [-0.39, 0.29) is 19.4 Å². The lowest BCUT2D eigenvalue weighted by atomic mass is 10.0. The van der Waals surface area contributed by atoms with E-state index in [4.69, 9.17) is 11.5 Å². The third kappa shape index (κ3) is 7.25. The molecule has 5 unspecified atom stereocenters. The smallest absolute Gasteiger partial charge is 0.328 e. The molecule has 2 rings (SSSR count). The Morgan fingerprint density at radius 3 is 2.35 bits per heavy atom. The summed E-state index contributed by atoms with van der Waals surface area (Å²) in [7, 11) is 0. The number of rotatable bonds is 11. The number of nitrogens with two attached hydrogens (primary N) is 2. The molecular formula is C22H31N5O7. The quantitative estimate of drug-likeness (QED) is 0.207. The second-order valence-electron chi connectivity index (χ2n) is 8.28. The van der Waals surface area contributed by atoms with Gasteiger partial charge in [0.1, 0.15) is 12.1 Å². The number of hydrogen-bond acceptors (Lipinski definition) is 7. The lowest BCUT2D eigenvalue weighted by Crippen LogP contribution is -2.58. The molecule has 5 atom stereocenters. The van der Waals surface area contributed by atoms with E-state index in [1.165, 1.54) is 11.8 Å². The number of carbonyl (C=O) groups is 5. The van der Waals surface area contributed by atoms with Crippen LogP contribution in [0.15, 0.2) is 30.3 Å². The van der Waals surface area contributed by atoms with Crippen LogP contribution >= 0.6 is 0 Å². The second kappa shape index (κ2) is 12.1. The van der Waals surface area contributed by atoms with E-state index >= 15 is 0 Å². The summed E-state index contributed by atoms with van der Waals surface area (Å²) in [4.78, 5) is 62.4. The minimum atomic E-state index is -1.57. The highest BCUT2D eigenvalue weighted by Gasteiger charge is 2.38. The van der Waals surface area contributed by atoms with Crippen LogP contribution in [-0.4, -0.2) is 81.5 Å². The van der Waals surface area contributed by atoms with Crippen molar-refractivity contribution in [2.75, 3.05) is 6.54 Å². The first kappa shape index (κ1) is 26.7. The molecule has 1 saturated heterocycles. The number of likely N-dealkylation sites (tertiary alicyclic amines) is 1. The van der Waals surface area contributed by atoms with Crippen molar-refractivity contribution in [3.05, 3.63) is 35.9 Å². The maximum Gasteiger partial charge on any atom is 0.328 e. The van der Waals surface area contributed by atoms with Gasteiger partial charge < -0.3 is 37.2 Å². The minimum absolute atomic E-state index is 0.0480. The molecule has 1 fully saturated rings. The van der Waals surface area contributed by atoms with Crippen LogP contribution in [0.25, 0.3) is 0 Å². The molecule has 1 aliphatic rings. The number of carboxylic acid groups (broad SMARTS) is 1. The Balaban J connectivity index is 2.19. The topological polar surface area (TPSA) is 205 Å². The molecule has 12 heteroatoms. The van der Waals surface area contributed by atoms with Gasteiger partial charge in [0.15, 0.2) is 6.04 Å². The normalized spacial score (nSPS) is 18.9. The second-order valence-corrected chi connectivity index (χ2v) is 8.28. The number of nitrogens with zero attached hydrogens (tertiary/aromatic N) is 1. The van der Waals surface area contributed by atoms with Crippen LogP contribution in [0.2, 0.25) is 0 Å². The van der Waals surface area contributed by atoms with Crippen LogP contribution in [-0.2, 0) is 30.4 Å². The molecule has 0 saturated carbocycles. The van der Waals surface area contributed by atoms with Gasteiger partial charge in [-0.2, -0.15) is 0 Å². The van der Waals surface area contributed by atoms with Gasteiger partial charge in [-0.25, -0.2) is 4.79 Å². The fourth-order valence-electron chi connectivity index (χ4n) is 3.79. The number of benzene rings is 1. The fourth-order valence-corrected chi connectivity index (χ4v) is 3.79. The van der Waals surface area contributed by atoms with E-state index < -0.39 is 59.9 Å². The number of aliphatic hydroxyl groups excluding tert-OH is 1. The summed E-state index contributed by atoms with van der Waals surface area (Å²) in [6.45, 7) is 1.48. The number of primary amides is 1. The number of nitrogens with one attached hydrogen (secondary N) is 2. The van der Waals surface area contributed by atoms with Crippen LogP contribution in [0.5, 0.6) is 0 Å². The number of amides is 4. The highest BCUT2D eigenvalue weighted by molar-refractivity contribution is 5.95. The van der Waals surface area contributed by atoms with Crippen molar-refractivity contribution in [3.8, 4) is 0 Å². The van der Waals surface area contributed by atoms with E-state index in [0.29, 0.717) is 18.4 Å². The minimum Gasteiger partial charge on any atom is -0.480 e. The van der Waals surface area contributed by atoms with Crippen molar-refractivity contribution < 1.29 is 34.2 Å². The van der Waals surface area contributed by atoms with E-state index in [2.05, 4.69) is 10.6 Å². The Morgan fingerprint density at radius 1 is 1.15 bits per heavy atom. The molecule has 34 heavy (non-hydrogen) atoms. The average molecular weight is 478 g/mol. The molecule has 4 amide bonds. The van der Waals surface area contributed by atoms with Gasteiger partial charge in [-0.15, -0.1) is 0 Å². The summed E-state index contributed by atoms with van der Waals surface area (Å²) >= 11 is 0. The van der Waals surface area contributed by atoms with Crippen molar-refractivity contribution >= 4 is 29.6 Å². The molecule has 1 aliphatic heterocycles. The highest BCUT2D eigenvalue weighted by atomic mass is 16.4. The average Bonchev–Trinajstić information content (AvgIpc) is 3.26. The molecule has 0 spiro atoms. The summed E-state index contributed by atoms with van der Waals surface area (Å²) in [5.74, 6) is -4.18. The Bertz CT molecular complexity index is 908. The maximum atomic E-state index is 13.1. The van der Waals surface area contributed by atoms with Gasteiger partial charge in [-0.1, -0.05) is 30.3 Å². The van der Waals surface area contributed by atoms with Gasteiger partial charge in [0.05, 0.1) is 18.6 Å². The van der Waals surface area contributed by atoms with Crippen LogP contribution in [0.1, 0.15) is 31.7 Å². The zero-order valence-electron chi connectivity index (χ0n) is 18.8. The molecular weight excluding hydrogens is 446 g/mol. The third-order valence-corrected chi connectivity index (χ3v) is 5.54. The van der Waals surface area contributed by atoms with Crippen molar-refractivity contribution in [1.29, 1.82) is 0 Å². The molecule has 186 valence electrons. The third-order valence-electron chi connectivity index (χ3n) is 5.54. The monoisotopic (exact) mass is 477 g/mol. The van der Waals surface area contributed by atoms with Crippen molar-refractivity contribution in [2.24, 2.45) is 11.5 Å². The van der Waals surface area contributed by atoms with Crippen molar-refractivity contribution in [1.82, 2.24) is 15.5 Å². The Kier molecular flexibility index (Phi) is 9.51. The molecule has 1 heterocycles. The van der Waals surface area contributed by atoms with E-state index in [0.717, 1.165) is 0 Å². The summed E-state index contributed by atoms with van der Waals surface area (Å²) in [6.07, 6.45) is -0.841. The molecule has 0 aromatic heterocycles. The van der Waals surface area contributed by atoms with E-state index in [1.807, 2.05) is 0 Å². The molecule has 0 bridgehead atoms. The first-order valence-corrected chi connectivity index (χ1v) is 10.9. The molecule has 8 N–H and O–H groups in total. The SMILES string of the molecule is CC(O)C(NC(=O)C(Cc1ccccc1)NC(=O)C1CCCN1C(=O)C(N)CC(N)=O)C(=O)O. The molecule has 12 nitrogen and oxygen atoms in total. The largest absolute Gasteiger partial charge is 0.480 e. The molecule has 0 radical (unpaired) electrons. The van der Waals surface area contributed by atoms with Crippen LogP contribution in [0, 0.1) is 0 Å². The summed E-state index contributed by atoms with van der Waals surface area (Å²) in [5.41, 5.74) is 11.6. The molecule has 1 aromatic rings. The summed E-state index contributed by atoms with van der Waals surface area (Å²) < 4.78 is 0. The summed E-state index contributed by atoms with van der Waals surface area (Å²) in [6, 6.07) is 3.92. The Labute approximate surface area is 196 Å². The van der Waals surface area contributed by atoms with Crippen molar-refractivity contribution in [2.45, 2.75) is 62.9 Å². The van der Waals surface area contributed by atoms with Crippen LogP contribution in [0.4, 0.5) is 0 Å². The maximum absolute atomic E-state index is 13.1. The number of aliphatic carboxylic acids is 1. The number of carbonyl (C=O) groups excluding carboxylic acids is 4. The molecule has 0 aliphatic carbocycles. The van der Waals surface area contributed by atoms with Gasteiger partial charge in [0, 0.05) is 13.0 Å². The van der Waals surface area contributed by atoms with Gasteiger partial charge in [-0.3, -0.25) is 19.2 Å². The lowest BCUT2D eigenvalue weighted by molar-refractivity contribution is -0.145. The predicted molar refractivity (Wildman–Crippen MR) is 120 cm³/mol. The first-order valence-electron chi connectivity index (χ1n) is 10.9. The molecule has 1 aromatic carbocycles. The predicted octanol–water partition coefficient (Wildman–Crippen LogP) is -2.14.